The molecule has 1 unspecified atom stereocenters. The van der Waals surface area contributed by atoms with Gasteiger partial charge in [-0.25, -0.2) is 0 Å². The van der Waals surface area contributed by atoms with Gasteiger partial charge in [-0.2, -0.15) is 11.8 Å². The summed E-state index contributed by atoms with van der Waals surface area (Å²) in [5.41, 5.74) is 0. The van der Waals surface area contributed by atoms with Crippen LogP contribution in [0.15, 0.2) is 72.8 Å². The van der Waals surface area contributed by atoms with E-state index in [2.05, 4.69) is 101 Å². The van der Waals surface area contributed by atoms with Crippen molar-refractivity contribution < 1.29 is 14.0 Å². The number of carbonyl (C=O) groups excluding carboxylic acids is 1. The molecule has 0 bridgehead atoms. The normalized spacial score (nSPS) is 13.1. The van der Waals surface area contributed by atoms with Gasteiger partial charge in [0.05, 0.1) is 19.6 Å². The monoisotopic (exact) mass is 568 g/mol. The highest BCUT2D eigenvalue weighted by molar-refractivity contribution is 7.99. The molecule has 0 aliphatic heterocycles. The number of esters is 1. The second-order valence-electron chi connectivity index (χ2n) is 11.4. The van der Waals surface area contributed by atoms with Crippen LogP contribution in [0.2, 0.25) is 5.04 Å². The molecule has 0 heterocycles. The Hall–Kier alpha value is -1.82. The Balaban J connectivity index is 2.19. The topological polar surface area (TPSA) is 35.5 Å². The van der Waals surface area contributed by atoms with E-state index in [1.165, 1.54) is 62.4 Å². The van der Waals surface area contributed by atoms with E-state index in [4.69, 9.17) is 9.16 Å². The van der Waals surface area contributed by atoms with Gasteiger partial charge < -0.3 is 9.16 Å². The summed E-state index contributed by atoms with van der Waals surface area (Å²) in [6, 6.07) is 21.8. The molecule has 0 saturated carbocycles. The van der Waals surface area contributed by atoms with E-state index >= 15 is 0 Å². The predicted molar refractivity (Wildman–Crippen MR) is 173 cm³/mol. The van der Waals surface area contributed by atoms with E-state index in [0.717, 1.165) is 24.3 Å². The van der Waals surface area contributed by atoms with E-state index in [1.807, 2.05) is 0 Å². The molecule has 5 heteroatoms. The highest BCUT2D eigenvalue weighted by Crippen LogP contribution is 2.38. The minimum absolute atomic E-state index is 0.0573. The fourth-order valence-corrected chi connectivity index (χ4v) is 11.0. The zero-order valence-corrected chi connectivity index (χ0v) is 26.9. The number of carbonyl (C=O) groups is 1. The molecule has 2 aromatic carbocycles. The third-order valence-electron chi connectivity index (χ3n) is 7.29. The number of unbranched alkanes of at least 4 members (excludes halogenated alkanes) is 6. The largest absolute Gasteiger partial charge is 0.469 e. The van der Waals surface area contributed by atoms with Crippen LogP contribution in [0.4, 0.5) is 0 Å². The van der Waals surface area contributed by atoms with Gasteiger partial charge >= 0.3 is 5.97 Å². The molecule has 0 saturated heterocycles. The summed E-state index contributed by atoms with van der Waals surface area (Å²) in [5.74, 6) is 1.47. The third-order valence-corrected chi connectivity index (χ3v) is 13.5. The standard InChI is InChI=1S/C34H52O3SSi/c1-6-7-8-9-10-11-12-13-14-17-22-30(29-38-28-27-33(35)36-5)37-39(34(2,3)4,31-23-18-15-19-24-31)32-25-20-16-21-26-32/h13-16,18-21,23-26,30H,6-12,17,22,27-29H2,1-5H3/b14-13-. The first kappa shape index (κ1) is 33.4. The minimum atomic E-state index is -2.63. The van der Waals surface area contributed by atoms with Crippen LogP contribution in [0.25, 0.3) is 0 Å². The summed E-state index contributed by atoms with van der Waals surface area (Å²) in [5, 5.41) is 2.57. The number of methoxy groups -OCH3 is 1. The summed E-state index contributed by atoms with van der Waals surface area (Å²) >= 11 is 1.80. The fourth-order valence-electron chi connectivity index (χ4n) is 5.15. The number of ether oxygens (including phenoxy) is 1. The molecular weight excluding hydrogens is 517 g/mol. The molecular formula is C34H52O3SSi. The van der Waals surface area contributed by atoms with Gasteiger partial charge in [-0.05, 0) is 41.1 Å². The van der Waals surface area contributed by atoms with E-state index < -0.39 is 8.32 Å². The summed E-state index contributed by atoms with van der Waals surface area (Å²) in [6.07, 6.45) is 16.4. The maximum absolute atomic E-state index is 11.7. The number of rotatable bonds is 19. The van der Waals surface area contributed by atoms with Crippen molar-refractivity contribution in [1.29, 1.82) is 0 Å². The van der Waals surface area contributed by atoms with Crippen molar-refractivity contribution >= 4 is 36.4 Å². The lowest BCUT2D eigenvalue weighted by Crippen LogP contribution is -2.67. The van der Waals surface area contributed by atoms with Crippen LogP contribution in [0.1, 0.15) is 91.9 Å². The SMILES string of the molecule is CCCCCCCC/C=C\CCC(CSCCC(=O)OC)O[Si](c1ccccc1)(c1ccccc1)C(C)(C)C. The van der Waals surface area contributed by atoms with Gasteiger partial charge in [0.1, 0.15) is 0 Å². The first-order valence-corrected chi connectivity index (χ1v) is 18.0. The zero-order valence-electron chi connectivity index (χ0n) is 25.1. The van der Waals surface area contributed by atoms with Gasteiger partial charge in [-0.15, -0.1) is 0 Å². The Morgan fingerprint density at radius 2 is 1.44 bits per heavy atom. The van der Waals surface area contributed by atoms with Crippen molar-refractivity contribution in [3.8, 4) is 0 Å². The molecule has 0 fully saturated rings. The zero-order chi connectivity index (χ0) is 28.4. The number of hydrogen-bond acceptors (Lipinski definition) is 4. The summed E-state index contributed by atoms with van der Waals surface area (Å²) < 4.78 is 12.3. The summed E-state index contributed by atoms with van der Waals surface area (Å²) in [7, 11) is -1.17. The lowest BCUT2D eigenvalue weighted by atomic mass is 10.1. The smallest absolute Gasteiger partial charge is 0.306 e. The molecule has 2 aromatic rings. The molecule has 0 aromatic heterocycles. The van der Waals surface area contributed by atoms with Crippen LogP contribution in [0.5, 0.6) is 0 Å². The Morgan fingerprint density at radius 3 is 2.00 bits per heavy atom. The van der Waals surface area contributed by atoms with Crippen molar-refractivity contribution in [2.24, 2.45) is 0 Å². The van der Waals surface area contributed by atoms with Gasteiger partial charge in [0.25, 0.3) is 8.32 Å². The second-order valence-corrected chi connectivity index (χ2v) is 16.8. The van der Waals surface area contributed by atoms with Crippen LogP contribution in [0, 0.1) is 0 Å². The molecule has 0 amide bonds. The Kier molecular flexibility index (Phi) is 15.8. The van der Waals surface area contributed by atoms with Crippen molar-refractivity contribution in [3.05, 3.63) is 72.8 Å². The van der Waals surface area contributed by atoms with Crippen molar-refractivity contribution in [2.45, 2.75) is 103 Å². The fraction of sp³-hybridized carbons (Fsp3) is 0.559. The Morgan fingerprint density at radius 1 is 0.872 bits per heavy atom. The van der Waals surface area contributed by atoms with E-state index in [9.17, 15) is 4.79 Å². The summed E-state index contributed by atoms with van der Waals surface area (Å²) in [4.78, 5) is 11.7. The number of hydrogen-bond donors (Lipinski definition) is 0. The van der Waals surface area contributed by atoms with Gasteiger partial charge in [0.2, 0.25) is 0 Å². The van der Waals surface area contributed by atoms with Crippen LogP contribution in [0.3, 0.4) is 0 Å². The van der Waals surface area contributed by atoms with Gasteiger partial charge in [-0.3, -0.25) is 4.79 Å². The van der Waals surface area contributed by atoms with Gasteiger partial charge in [0.15, 0.2) is 0 Å². The van der Waals surface area contributed by atoms with Crippen LogP contribution in [-0.2, 0) is 14.0 Å². The molecule has 0 N–H and O–H groups in total. The molecule has 3 nitrogen and oxygen atoms in total. The molecule has 0 radical (unpaired) electrons. The number of benzene rings is 2. The Labute approximate surface area is 244 Å². The molecule has 39 heavy (non-hydrogen) atoms. The van der Waals surface area contributed by atoms with Gasteiger partial charge in [-0.1, -0.05) is 133 Å². The number of thioether (sulfide) groups is 1. The second kappa shape index (κ2) is 18.5. The summed E-state index contributed by atoms with van der Waals surface area (Å²) in [6.45, 7) is 9.27. The highest BCUT2D eigenvalue weighted by atomic mass is 32.2. The molecule has 0 aliphatic carbocycles. The van der Waals surface area contributed by atoms with Crippen LogP contribution < -0.4 is 10.4 Å². The molecule has 2 rings (SSSR count). The average Bonchev–Trinajstić information content (AvgIpc) is 2.94. The predicted octanol–water partition coefficient (Wildman–Crippen LogP) is 8.31. The quantitative estimate of drug-likeness (QED) is 0.0739. The molecule has 1 atom stereocenters. The van der Waals surface area contributed by atoms with Crippen LogP contribution >= 0.6 is 11.8 Å². The van der Waals surface area contributed by atoms with Crippen molar-refractivity contribution in [1.82, 2.24) is 0 Å². The van der Waals surface area contributed by atoms with Crippen LogP contribution in [-0.4, -0.2) is 39.0 Å². The lowest BCUT2D eigenvalue weighted by molar-refractivity contribution is -0.140. The maximum atomic E-state index is 11.7. The van der Waals surface area contributed by atoms with E-state index in [0.29, 0.717) is 6.42 Å². The molecule has 0 spiro atoms. The first-order chi connectivity index (χ1) is 18.8. The minimum Gasteiger partial charge on any atom is -0.469 e. The first-order valence-electron chi connectivity index (χ1n) is 14.9. The number of allylic oxidation sites excluding steroid dienone is 2. The van der Waals surface area contributed by atoms with Gasteiger partial charge in [0, 0.05) is 11.5 Å². The average molecular weight is 569 g/mol. The maximum Gasteiger partial charge on any atom is 0.306 e. The molecule has 0 aliphatic rings. The van der Waals surface area contributed by atoms with Crippen molar-refractivity contribution in [3.63, 3.8) is 0 Å². The molecule has 216 valence electrons. The van der Waals surface area contributed by atoms with E-state index in [1.54, 1.807) is 11.8 Å². The van der Waals surface area contributed by atoms with Crippen molar-refractivity contribution in [2.75, 3.05) is 18.6 Å². The van der Waals surface area contributed by atoms with E-state index in [-0.39, 0.29) is 17.1 Å². The Bertz CT molecular complexity index is 900. The lowest BCUT2D eigenvalue weighted by Gasteiger charge is -2.45. The highest BCUT2D eigenvalue weighted by Gasteiger charge is 2.51. The third kappa shape index (κ3) is 11.3.